The van der Waals surface area contributed by atoms with Crippen molar-refractivity contribution in [2.75, 3.05) is 6.54 Å². The van der Waals surface area contributed by atoms with Crippen molar-refractivity contribution in [1.29, 1.82) is 0 Å². The molecule has 4 nitrogen and oxygen atoms in total. The summed E-state index contributed by atoms with van der Waals surface area (Å²) in [6.45, 7) is 9.20. The van der Waals surface area contributed by atoms with Gasteiger partial charge >= 0.3 is 0 Å². The highest BCUT2D eigenvalue weighted by molar-refractivity contribution is 5.87. The molecule has 0 radical (unpaired) electrons. The lowest BCUT2D eigenvalue weighted by Crippen LogP contribution is -2.49. The average molecular weight is 395 g/mol. The molecule has 0 aliphatic heterocycles. The van der Waals surface area contributed by atoms with Gasteiger partial charge in [0.25, 0.3) is 0 Å². The summed E-state index contributed by atoms with van der Waals surface area (Å²) in [6, 6.07) is 17.7. The molecule has 2 rings (SSSR count). The first-order chi connectivity index (χ1) is 13.9. The van der Waals surface area contributed by atoms with Gasteiger partial charge in [-0.1, -0.05) is 80.9 Å². The summed E-state index contributed by atoms with van der Waals surface area (Å²) in [5.41, 5.74) is 3.33. The maximum atomic E-state index is 13.2. The van der Waals surface area contributed by atoms with Gasteiger partial charge in [-0.3, -0.25) is 9.59 Å². The molecule has 0 spiro atoms. The van der Waals surface area contributed by atoms with Gasteiger partial charge in [0, 0.05) is 19.5 Å². The third-order valence-corrected chi connectivity index (χ3v) is 4.98. The van der Waals surface area contributed by atoms with Crippen LogP contribution < -0.4 is 5.32 Å². The van der Waals surface area contributed by atoms with Crippen LogP contribution in [0.1, 0.15) is 50.3 Å². The number of rotatable bonds is 10. The lowest BCUT2D eigenvalue weighted by Gasteiger charge is -2.31. The van der Waals surface area contributed by atoms with E-state index in [4.69, 9.17) is 0 Å². The number of aryl methyl sites for hydroxylation is 2. The Morgan fingerprint density at radius 1 is 1.00 bits per heavy atom. The van der Waals surface area contributed by atoms with Crippen molar-refractivity contribution in [1.82, 2.24) is 10.2 Å². The van der Waals surface area contributed by atoms with Crippen LogP contribution in [0.4, 0.5) is 0 Å². The largest absolute Gasteiger partial charge is 0.354 e. The molecule has 0 unspecified atom stereocenters. The number of nitrogens with zero attached hydrogens (tertiary/aromatic N) is 1. The Kier molecular flexibility index (Phi) is 8.91. The van der Waals surface area contributed by atoms with E-state index in [2.05, 4.69) is 25.2 Å². The summed E-state index contributed by atoms with van der Waals surface area (Å²) in [6.07, 6.45) is 1.66. The third kappa shape index (κ3) is 7.37. The number of hydrogen-bond acceptors (Lipinski definition) is 2. The topological polar surface area (TPSA) is 49.4 Å². The van der Waals surface area contributed by atoms with Gasteiger partial charge in [0.05, 0.1) is 0 Å². The van der Waals surface area contributed by atoms with Gasteiger partial charge < -0.3 is 10.2 Å². The van der Waals surface area contributed by atoms with E-state index < -0.39 is 6.04 Å². The molecule has 1 atom stereocenters. The molecule has 0 heterocycles. The molecule has 2 amide bonds. The second kappa shape index (κ2) is 11.4. The summed E-state index contributed by atoms with van der Waals surface area (Å²) in [7, 11) is 0. The van der Waals surface area contributed by atoms with Crippen LogP contribution in [0.5, 0.6) is 0 Å². The van der Waals surface area contributed by atoms with E-state index in [1.165, 1.54) is 0 Å². The standard InChI is InChI=1S/C25H34N2O2/c1-5-23(25(29)26-17-19(2)3)27(18-22-13-9-10-20(4)16-22)24(28)15-14-21-11-7-6-8-12-21/h6-13,16,19,23H,5,14-15,17-18H2,1-4H3,(H,26,29)/t23-/m1/s1. The van der Waals surface area contributed by atoms with Crippen molar-refractivity contribution >= 4 is 11.8 Å². The van der Waals surface area contributed by atoms with Crippen LogP contribution in [-0.2, 0) is 22.6 Å². The van der Waals surface area contributed by atoms with Crippen LogP contribution in [0.2, 0.25) is 0 Å². The van der Waals surface area contributed by atoms with Gasteiger partial charge in [-0.05, 0) is 36.8 Å². The van der Waals surface area contributed by atoms with Crippen molar-refractivity contribution in [3.8, 4) is 0 Å². The molecule has 0 aliphatic carbocycles. The van der Waals surface area contributed by atoms with Gasteiger partial charge in [-0.2, -0.15) is 0 Å². The van der Waals surface area contributed by atoms with E-state index in [-0.39, 0.29) is 11.8 Å². The lowest BCUT2D eigenvalue weighted by atomic mass is 10.1. The predicted octanol–water partition coefficient (Wildman–Crippen LogP) is 4.51. The summed E-state index contributed by atoms with van der Waals surface area (Å²) in [5.74, 6) is 0.319. The Labute approximate surface area is 175 Å². The average Bonchev–Trinajstić information content (AvgIpc) is 2.71. The molecule has 2 aromatic carbocycles. The summed E-state index contributed by atoms with van der Waals surface area (Å²) < 4.78 is 0. The quantitative estimate of drug-likeness (QED) is 0.645. The van der Waals surface area contributed by atoms with Gasteiger partial charge in [0.1, 0.15) is 6.04 Å². The molecule has 29 heavy (non-hydrogen) atoms. The molecule has 0 aliphatic rings. The van der Waals surface area contributed by atoms with Crippen LogP contribution >= 0.6 is 0 Å². The number of amides is 2. The second-order valence-corrected chi connectivity index (χ2v) is 8.06. The van der Waals surface area contributed by atoms with E-state index in [0.717, 1.165) is 16.7 Å². The van der Waals surface area contributed by atoms with Gasteiger partial charge in [0.15, 0.2) is 0 Å². The first-order valence-electron chi connectivity index (χ1n) is 10.6. The van der Waals surface area contributed by atoms with Crippen molar-refractivity contribution < 1.29 is 9.59 Å². The van der Waals surface area contributed by atoms with E-state index in [9.17, 15) is 9.59 Å². The smallest absolute Gasteiger partial charge is 0.242 e. The fraction of sp³-hybridized carbons (Fsp3) is 0.440. The van der Waals surface area contributed by atoms with Crippen LogP contribution in [0.25, 0.3) is 0 Å². The molecule has 156 valence electrons. The minimum Gasteiger partial charge on any atom is -0.354 e. The molecule has 4 heteroatoms. The Hall–Kier alpha value is -2.62. The molecule has 1 N–H and O–H groups in total. The summed E-state index contributed by atoms with van der Waals surface area (Å²) in [4.78, 5) is 27.8. The minimum absolute atomic E-state index is 0.0157. The second-order valence-electron chi connectivity index (χ2n) is 8.06. The minimum atomic E-state index is -0.461. The molecule has 0 aromatic heterocycles. The van der Waals surface area contributed by atoms with Gasteiger partial charge in [-0.15, -0.1) is 0 Å². The zero-order valence-corrected chi connectivity index (χ0v) is 18.2. The van der Waals surface area contributed by atoms with Gasteiger partial charge in [-0.25, -0.2) is 0 Å². The molecular weight excluding hydrogens is 360 g/mol. The van der Waals surface area contributed by atoms with E-state index in [1.807, 2.05) is 62.4 Å². The normalized spacial score (nSPS) is 11.9. The molecule has 0 saturated carbocycles. The number of benzene rings is 2. The Morgan fingerprint density at radius 2 is 1.69 bits per heavy atom. The Bertz CT molecular complexity index is 786. The number of carbonyl (C=O) groups excluding carboxylic acids is 2. The van der Waals surface area contributed by atoms with E-state index in [1.54, 1.807) is 4.90 Å². The Morgan fingerprint density at radius 3 is 2.31 bits per heavy atom. The maximum Gasteiger partial charge on any atom is 0.242 e. The monoisotopic (exact) mass is 394 g/mol. The number of hydrogen-bond donors (Lipinski definition) is 1. The van der Waals surface area contributed by atoms with Crippen LogP contribution in [0.3, 0.4) is 0 Å². The fourth-order valence-corrected chi connectivity index (χ4v) is 3.39. The van der Waals surface area contributed by atoms with Crippen LogP contribution in [0.15, 0.2) is 54.6 Å². The number of nitrogens with one attached hydrogen (secondary N) is 1. The maximum absolute atomic E-state index is 13.2. The first-order valence-corrected chi connectivity index (χ1v) is 10.6. The van der Waals surface area contributed by atoms with Crippen molar-refractivity contribution in [2.24, 2.45) is 5.92 Å². The van der Waals surface area contributed by atoms with Crippen LogP contribution in [-0.4, -0.2) is 29.3 Å². The highest BCUT2D eigenvalue weighted by Gasteiger charge is 2.28. The van der Waals surface area contributed by atoms with Crippen LogP contribution in [0, 0.1) is 12.8 Å². The fourth-order valence-electron chi connectivity index (χ4n) is 3.39. The molecule has 0 saturated heterocycles. The highest BCUT2D eigenvalue weighted by Crippen LogP contribution is 2.16. The van der Waals surface area contributed by atoms with Crippen molar-refractivity contribution in [3.05, 3.63) is 71.3 Å². The molecular formula is C25H34N2O2. The Balaban J connectivity index is 2.18. The van der Waals surface area contributed by atoms with E-state index in [0.29, 0.717) is 38.3 Å². The van der Waals surface area contributed by atoms with E-state index >= 15 is 0 Å². The zero-order valence-electron chi connectivity index (χ0n) is 18.2. The van der Waals surface area contributed by atoms with Crippen molar-refractivity contribution in [2.45, 2.75) is 59.5 Å². The third-order valence-electron chi connectivity index (χ3n) is 4.98. The molecule has 2 aromatic rings. The summed E-state index contributed by atoms with van der Waals surface area (Å²) in [5, 5.41) is 3.01. The SMILES string of the molecule is CC[C@H](C(=O)NCC(C)C)N(Cc1cccc(C)c1)C(=O)CCc1ccccc1. The summed E-state index contributed by atoms with van der Waals surface area (Å²) >= 11 is 0. The molecule has 0 bridgehead atoms. The number of carbonyl (C=O) groups is 2. The van der Waals surface area contributed by atoms with Crippen molar-refractivity contribution in [3.63, 3.8) is 0 Å². The highest BCUT2D eigenvalue weighted by atomic mass is 16.2. The molecule has 0 fully saturated rings. The lowest BCUT2D eigenvalue weighted by molar-refractivity contribution is -0.141. The first kappa shape index (κ1) is 22.7. The predicted molar refractivity (Wildman–Crippen MR) is 118 cm³/mol. The van der Waals surface area contributed by atoms with Gasteiger partial charge in [0.2, 0.25) is 11.8 Å². The zero-order chi connectivity index (χ0) is 21.2.